The predicted octanol–water partition coefficient (Wildman–Crippen LogP) is 3.42. The van der Waals surface area contributed by atoms with Crippen LogP contribution in [0, 0.1) is 0 Å². The molecule has 5 heteroatoms. The van der Waals surface area contributed by atoms with E-state index >= 15 is 0 Å². The first kappa shape index (κ1) is 16.2. The van der Waals surface area contributed by atoms with Crippen molar-refractivity contribution in [3.63, 3.8) is 0 Å². The van der Waals surface area contributed by atoms with E-state index in [0.717, 1.165) is 10.8 Å². The van der Waals surface area contributed by atoms with Gasteiger partial charge < -0.3 is 10.8 Å². The molecule has 0 aliphatic heterocycles. The Bertz CT molecular complexity index is 406. The minimum absolute atomic E-state index is 0.0804. The highest BCUT2D eigenvalue weighted by molar-refractivity contribution is 7.16. The third kappa shape index (κ3) is 3.74. The molecule has 0 spiro atoms. The maximum atomic E-state index is 9.45. The first-order valence-electron chi connectivity index (χ1n) is 7.54. The molecule has 1 aliphatic carbocycles. The predicted molar refractivity (Wildman–Crippen MR) is 86.4 cm³/mol. The maximum Gasteiger partial charge on any atom is 0.0931 e. The van der Waals surface area contributed by atoms with Gasteiger partial charge in [-0.2, -0.15) is 0 Å². The van der Waals surface area contributed by atoms with Crippen molar-refractivity contribution in [2.45, 2.75) is 57.2 Å². The van der Waals surface area contributed by atoms with E-state index in [0.29, 0.717) is 12.6 Å². The van der Waals surface area contributed by atoms with Gasteiger partial charge in [0.15, 0.2) is 0 Å². The Morgan fingerprint density at radius 3 is 2.65 bits per heavy atom. The lowest BCUT2D eigenvalue weighted by Crippen LogP contribution is -2.46. The highest BCUT2D eigenvalue weighted by Gasteiger charge is 2.33. The molecule has 2 unspecified atom stereocenters. The Balaban J connectivity index is 2.26. The highest BCUT2D eigenvalue weighted by atomic mass is 35.5. The lowest BCUT2D eigenvalue weighted by molar-refractivity contribution is 0.0900. The van der Waals surface area contributed by atoms with E-state index in [9.17, 15) is 5.11 Å². The monoisotopic (exact) mass is 316 g/mol. The van der Waals surface area contributed by atoms with Crippen molar-refractivity contribution in [2.75, 3.05) is 13.2 Å². The molecule has 0 amide bonds. The summed E-state index contributed by atoms with van der Waals surface area (Å²) < 4.78 is 0.809. The van der Waals surface area contributed by atoms with E-state index < -0.39 is 0 Å². The van der Waals surface area contributed by atoms with Crippen LogP contribution in [0.2, 0.25) is 4.34 Å². The minimum Gasteiger partial charge on any atom is -0.395 e. The van der Waals surface area contributed by atoms with Crippen molar-refractivity contribution in [3.8, 4) is 0 Å². The summed E-state index contributed by atoms with van der Waals surface area (Å²) in [7, 11) is 0. The minimum atomic E-state index is 0.0804. The third-order valence-corrected chi connectivity index (χ3v) is 5.57. The van der Waals surface area contributed by atoms with Crippen LogP contribution < -0.4 is 5.73 Å². The smallest absolute Gasteiger partial charge is 0.0931 e. The molecule has 0 bridgehead atoms. The van der Waals surface area contributed by atoms with Crippen LogP contribution in [0.15, 0.2) is 12.1 Å². The van der Waals surface area contributed by atoms with Crippen LogP contribution in [0.1, 0.15) is 49.9 Å². The largest absolute Gasteiger partial charge is 0.395 e. The molecular formula is C15H25ClN2OS. The van der Waals surface area contributed by atoms with Gasteiger partial charge in [0.2, 0.25) is 0 Å². The molecule has 20 heavy (non-hydrogen) atoms. The Morgan fingerprint density at radius 1 is 1.45 bits per heavy atom. The van der Waals surface area contributed by atoms with E-state index in [-0.39, 0.29) is 18.7 Å². The fraction of sp³-hybridized carbons (Fsp3) is 0.733. The summed E-state index contributed by atoms with van der Waals surface area (Å²) in [6.45, 7) is 3.00. The van der Waals surface area contributed by atoms with Crippen LogP contribution in [0.5, 0.6) is 0 Å². The molecule has 1 heterocycles. The Labute approximate surface area is 130 Å². The van der Waals surface area contributed by atoms with E-state index in [1.54, 1.807) is 11.3 Å². The summed E-state index contributed by atoms with van der Waals surface area (Å²) in [6, 6.07) is 4.84. The van der Waals surface area contributed by atoms with E-state index in [1.165, 1.54) is 30.6 Å². The second-order valence-electron chi connectivity index (χ2n) is 5.56. The zero-order valence-corrected chi connectivity index (χ0v) is 13.7. The number of hydrogen-bond donors (Lipinski definition) is 2. The second-order valence-corrected chi connectivity index (χ2v) is 7.31. The highest BCUT2D eigenvalue weighted by Crippen LogP contribution is 2.37. The van der Waals surface area contributed by atoms with Crippen LogP contribution in [-0.4, -0.2) is 35.2 Å². The third-order valence-electron chi connectivity index (χ3n) is 4.27. The van der Waals surface area contributed by atoms with Gasteiger partial charge in [0.05, 0.1) is 17.0 Å². The number of hydrogen-bond acceptors (Lipinski definition) is 4. The molecule has 0 saturated heterocycles. The molecule has 2 rings (SSSR count). The van der Waals surface area contributed by atoms with Gasteiger partial charge in [0.25, 0.3) is 0 Å². The zero-order valence-electron chi connectivity index (χ0n) is 12.1. The number of aliphatic hydroxyl groups is 1. The molecular weight excluding hydrogens is 292 g/mol. The Hall–Kier alpha value is -0.130. The van der Waals surface area contributed by atoms with Crippen LogP contribution in [-0.2, 0) is 0 Å². The number of halogens is 1. The average Bonchev–Trinajstić information content (AvgIpc) is 3.09. The van der Waals surface area contributed by atoms with Gasteiger partial charge in [-0.1, -0.05) is 31.4 Å². The standard InChI is InChI=1S/C15H25ClN2OS/c1-2-12(17)15(13-7-8-14(16)20-13)18(9-10-19)11-5-3-4-6-11/h7-8,11-12,15,19H,2-6,9-10,17H2,1H3. The van der Waals surface area contributed by atoms with Crippen molar-refractivity contribution in [3.05, 3.63) is 21.3 Å². The number of nitrogens with zero attached hydrogens (tertiary/aromatic N) is 1. The average molecular weight is 317 g/mol. The molecule has 2 atom stereocenters. The number of aliphatic hydroxyl groups excluding tert-OH is 1. The Morgan fingerprint density at radius 2 is 2.15 bits per heavy atom. The molecule has 3 nitrogen and oxygen atoms in total. The van der Waals surface area contributed by atoms with Gasteiger partial charge in [-0.25, -0.2) is 0 Å². The van der Waals surface area contributed by atoms with Crippen LogP contribution >= 0.6 is 22.9 Å². The molecule has 1 fully saturated rings. The quantitative estimate of drug-likeness (QED) is 0.810. The molecule has 1 aromatic rings. The van der Waals surface area contributed by atoms with Crippen molar-refractivity contribution >= 4 is 22.9 Å². The van der Waals surface area contributed by atoms with Crippen molar-refractivity contribution < 1.29 is 5.11 Å². The van der Waals surface area contributed by atoms with Gasteiger partial charge in [-0.3, -0.25) is 4.90 Å². The van der Waals surface area contributed by atoms with Gasteiger partial charge in [-0.05, 0) is 31.4 Å². The Kier molecular flexibility index (Phi) is 6.30. The molecule has 1 aromatic heterocycles. The number of nitrogens with two attached hydrogens (primary N) is 1. The summed E-state index contributed by atoms with van der Waals surface area (Å²) in [5.74, 6) is 0. The van der Waals surface area contributed by atoms with Gasteiger partial charge in [0.1, 0.15) is 0 Å². The second kappa shape index (κ2) is 7.76. The van der Waals surface area contributed by atoms with Crippen molar-refractivity contribution in [1.82, 2.24) is 4.90 Å². The fourth-order valence-corrected chi connectivity index (χ4v) is 4.49. The van der Waals surface area contributed by atoms with Crippen molar-refractivity contribution in [1.29, 1.82) is 0 Å². The summed E-state index contributed by atoms with van der Waals surface area (Å²) in [5, 5.41) is 9.45. The molecule has 3 N–H and O–H groups in total. The van der Waals surface area contributed by atoms with Crippen LogP contribution in [0.25, 0.3) is 0 Å². The van der Waals surface area contributed by atoms with Crippen molar-refractivity contribution in [2.24, 2.45) is 5.73 Å². The fourth-order valence-electron chi connectivity index (χ4n) is 3.23. The number of thiophene rings is 1. The lowest BCUT2D eigenvalue weighted by Gasteiger charge is -2.38. The maximum absolute atomic E-state index is 9.45. The van der Waals surface area contributed by atoms with Gasteiger partial charge >= 0.3 is 0 Å². The van der Waals surface area contributed by atoms with E-state index in [4.69, 9.17) is 17.3 Å². The SMILES string of the molecule is CCC(N)C(c1ccc(Cl)s1)N(CCO)C1CCCC1. The molecule has 1 aliphatic rings. The summed E-state index contributed by atoms with van der Waals surface area (Å²) >= 11 is 7.72. The van der Waals surface area contributed by atoms with Gasteiger partial charge in [0, 0.05) is 23.5 Å². The summed E-state index contributed by atoms with van der Waals surface area (Å²) in [4.78, 5) is 3.65. The first-order valence-corrected chi connectivity index (χ1v) is 8.74. The molecule has 0 radical (unpaired) electrons. The van der Waals surface area contributed by atoms with E-state index in [1.807, 2.05) is 6.07 Å². The molecule has 1 saturated carbocycles. The lowest BCUT2D eigenvalue weighted by atomic mass is 10.00. The zero-order chi connectivity index (χ0) is 14.5. The molecule has 0 aromatic carbocycles. The van der Waals surface area contributed by atoms with Gasteiger partial charge in [-0.15, -0.1) is 11.3 Å². The molecule has 114 valence electrons. The topological polar surface area (TPSA) is 49.5 Å². The normalized spacial score (nSPS) is 19.6. The van der Waals surface area contributed by atoms with Crippen LogP contribution in [0.3, 0.4) is 0 Å². The number of rotatable bonds is 7. The van der Waals surface area contributed by atoms with E-state index in [2.05, 4.69) is 17.9 Å². The summed E-state index contributed by atoms with van der Waals surface area (Å²) in [5.41, 5.74) is 6.40. The van der Waals surface area contributed by atoms with Crippen LogP contribution in [0.4, 0.5) is 0 Å². The first-order chi connectivity index (χ1) is 9.67. The summed E-state index contributed by atoms with van der Waals surface area (Å²) in [6.07, 6.45) is 5.92.